The van der Waals surface area contributed by atoms with E-state index in [1.807, 2.05) is 23.1 Å². The first-order chi connectivity index (χ1) is 18.1. The van der Waals surface area contributed by atoms with E-state index in [9.17, 15) is 22.8 Å². The molecule has 0 saturated heterocycles. The van der Waals surface area contributed by atoms with Crippen LogP contribution in [-0.4, -0.2) is 36.3 Å². The zero-order valence-corrected chi connectivity index (χ0v) is 21.5. The van der Waals surface area contributed by atoms with Crippen molar-refractivity contribution in [2.45, 2.75) is 51.4 Å². The Labute approximate surface area is 221 Å². The van der Waals surface area contributed by atoms with Crippen LogP contribution in [0.4, 0.5) is 18.9 Å². The summed E-state index contributed by atoms with van der Waals surface area (Å²) in [6.07, 6.45) is 4.77. The molecule has 2 aromatic carbocycles. The molecular formula is C30H32F3N3O2. The van der Waals surface area contributed by atoms with Gasteiger partial charge in [-0.3, -0.25) is 14.5 Å². The molecule has 5 nitrogen and oxygen atoms in total. The van der Waals surface area contributed by atoms with Crippen LogP contribution >= 0.6 is 0 Å². The summed E-state index contributed by atoms with van der Waals surface area (Å²) in [6.45, 7) is 6.70. The molecule has 1 heterocycles. The van der Waals surface area contributed by atoms with Crippen LogP contribution in [0.25, 0.3) is 0 Å². The van der Waals surface area contributed by atoms with E-state index in [0.717, 1.165) is 24.5 Å². The molecule has 1 saturated carbocycles. The third-order valence-corrected chi connectivity index (χ3v) is 7.29. The van der Waals surface area contributed by atoms with Crippen LogP contribution in [0.2, 0.25) is 0 Å². The molecule has 0 radical (unpaired) electrons. The number of carbonyl (C=O) groups excluding carboxylic acids is 2. The Kier molecular flexibility index (Phi) is 8.27. The number of hydrogen-bond donors (Lipinski definition) is 1. The lowest BCUT2D eigenvalue weighted by atomic mass is 9.72. The predicted molar refractivity (Wildman–Crippen MR) is 141 cm³/mol. The maximum absolute atomic E-state index is 14.2. The number of fused-ring (bicyclic) bond motifs is 1. The van der Waals surface area contributed by atoms with Crippen LogP contribution in [0, 0.1) is 18.3 Å². The molecule has 8 heteroatoms. The van der Waals surface area contributed by atoms with Crippen molar-refractivity contribution in [3.05, 3.63) is 76.9 Å². The van der Waals surface area contributed by atoms with E-state index in [1.165, 1.54) is 11.0 Å². The molecule has 0 bridgehead atoms. The first-order valence-electron chi connectivity index (χ1n) is 12.8. The second-order valence-corrected chi connectivity index (χ2v) is 10.2. The van der Waals surface area contributed by atoms with E-state index in [4.69, 9.17) is 6.42 Å². The van der Waals surface area contributed by atoms with Crippen molar-refractivity contribution in [1.29, 1.82) is 0 Å². The van der Waals surface area contributed by atoms with Gasteiger partial charge in [0.1, 0.15) is 0 Å². The minimum absolute atomic E-state index is 0.00422. The number of carbonyl (C=O) groups is 2. The molecule has 2 amide bonds. The summed E-state index contributed by atoms with van der Waals surface area (Å²) in [5, 5.41) is 2.67. The summed E-state index contributed by atoms with van der Waals surface area (Å²) in [4.78, 5) is 28.0. The van der Waals surface area contributed by atoms with Gasteiger partial charge in [0.2, 0.25) is 5.91 Å². The van der Waals surface area contributed by atoms with Crippen molar-refractivity contribution < 1.29 is 22.8 Å². The average molecular weight is 524 g/mol. The second kappa shape index (κ2) is 11.4. The highest BCUT2D eigenvalue weighted by Gasteiger charge is 2.40. The zero-order chi connectivity index (χ0) is 27.4. The summed E-state index contributed by atoms with van der Waals surface area (Å²) in [6, 6.07) is 10.3. The van der Waals surface area contributed by atoms with Crippen LogP contribution < -0.4 is 10.2 Å². The Hall–Kier alpha value is -3.57. The minimum Gasteiger partial charge on any atom is -0.353 e. The maximum Gasteiger partial charge on any atom is 0.416 e. The van der Waals surface area contributed by atoms with Gasteiger partial charge >= 0.3 is 6.18 Å². The first-order valence-corrected chi connectivity index (χ1v) is 12.8. The van der Waals surface area contributed by atoms with E-state index < -0.39 is 17.6 Å². The van der Waals surface area contributed by atoms with Crippen LogP contribution in [0.15, 0.2) is 49.1 Å². The molecule has 4 rings (SSSR count). The summed E-state index contributed by atoms with van der Waals surface area (Å²) in [7, 11) is 0. The van der Waals surface area contributed by atoms with E-state index in [1.54, 1.807) is 12.1 Å². The van der Waals surface area contributed by atoms with Crippen molar-refractivity contribution in [3.63, 3.8) is 0 Å². The standard InChI is InChI=1S/C30H32F3N3O2/c1-4-11-35(12-7-10-34-28(37)5-2)18-21-15-25-26(27(16-21)30(31,32)33)19-36(29(25)38)24-9-6-8-22(17-24)23-13-20(3)14-23/h1,5-6,8-9,15-17,20,23H,2,7,10-14,18-19H2,3H3,(H,34,37). The molecule has 0 spiro atoms. The Bertz CT molecular complexity index is 1260. The number of hydrogen-bond acceptors (Lipinski definition) is 3. The molecule has 38 heavy (non-hydrogen) atoms. The van der Waals surface area contributed by atoms with Gasteiger partial charge in [0.05, 0.1) is 18.7 Å². The van der Waals surface area contributed by atoms with Crippen LogP contribution in [-0.2, 0) is 24.1 Å². The van der Waals surface area contributed by atoms with E-state index in [-0.39, 0.29) is 36.7 Å². The highest BCUT2D eigenvalue weighted by molar-refractivity contribution is 6.10. The molecule has 2 aliphatic rings. The fourth-order valence-electron chi connectivity index (χ4n) is 5.33. The van der Waals surface area contributed by atoms with E-state index in [2.05, 4.69) is 24.7 Å². The number of anilines is 1. The molecule has 1 N–H and O–H groups in total. The lowest BCUT2D eigenvalue weighted by Gasteiger charge is -2.33. The van der Waals surface area contributed by atoms with Gasteiger partial charge in [0.25, 0.3) is 5.91 Å². The average Bonchev–Trinajstić information content (AvgIpc) is 3.19. The van der Waals surface area contributed by atoms with Crippen molar-refractivity contribution in [2.24, 2.45) is 5.92 Å². The molecule has 1 fully saturated rings. The second-order valence-electron chi connectivity index (χ2n) is 10.2. The smallest absolute Gasteiger partial charge is 0.353 e. The van der Waals surface area contributed by atoms with Gasteiger partial charge in [0, 0.05) is 30.9 Å². The molecule has 0 unspecified atom stereocenters. The molecule has 0 aromatic heterocycles. The maximum atomic E-state index is 14.2. The third-order valence-electron chi connectivity index (χ3n) is 7.29. The van der Waals surface area contributed by atoms with Gasteiger partial charge in [-0.2, -0.15) is 13.2 Å². The van der Waals surface area contributed by atoms with Crippen LogP contribution in [0.3, 0.4) is 0 Å². The quantitative estimate of drug-likeness (QED) is 0.254. The van der Waals surface area contributed by atoms with E-state index >= 15 is 0 Å². The van der Waals surface area contributed by atoms with Gasteiger partial charge < -0.3 is 10.2 Å². The number of rotatable bonds is 10. The van der Waals surface area contributed by atoms with Gasteiger partial charge in [-0.15, -0.1) is 6.42 Å². The molecule has 1 aliphatic heterocycles. The lowest BCUT2D eigenvalue weighted by Crippen LogP contribution is -2.29. The zero-order valence-electron chi connectivity index (χ0n) is 21.5. The van der Waals surface area contributed by atoms with Gasteiger partial charge in [0.15, 0.2) is 0 Å². The van der Waals surface area contributed by atoms with Crippen molar-refractivity contribution in [1.82, 2.24) is 10.2 Å². The minimum atomic E-state index is -4.60. The largest absolute Gasteiger partial charge is 0.416 e. The van der Waals surface area contributed by atoms with Gasteiger partial charge in [-0.05, 0) is 78.1 Å². The summed E-state index contributed by atoms with van der Waals surface area (Å²) in [5.74, 6) is 2.90. The highest BCUT2D eigenvalue weighted by Crippen LogP contribution is 2.43. The number of benzene rings is 2. The first kappa shape index (κ1) is 27.5. The Morgan fingerprint density at radius 1 is 1.29 bits per heavy atom. The molecule has 0 atom stereocenters. The highest BCUT2D eigenvalue weighted by atomic mass is 19.4. The Morgan fingerprint density at radius 3 is 2.71 bits per heavy atom. The van der Waals surface area contributed by atoms with Crippen LogP contribution in [0.1, 0.15) is 64.7 Å². The molecule has 1 aliphatic carbocycles. The molecule has 2 aromatic rings. The number of alkyl halides is 3. The molecular weight excluding hydrogens is 491 g/mol. The number of halogens is 3. The van der Waals surface area contributed by atoms with Crippen molar-refractivity contribution in [2.75, 3.05) is 24.5 Å². The lowest BCUT2D eigenvalue weighted by molar-refractivity contribution is -0.138. The summed E-state index contributed by atoms with van der Waals surface area (Å²) in [5.41, 5.74) is 1.40. The SMILES string of the molecule is C#CCN(CCCNC(=O)C=C)Cc1cc2c(c(C(F)(F)F)c1)CN(c1cccc(C3CC(C)C3)c1)C2=O. The number of terminal acetylenes is 1. The number of nitrogens with one attached hydrogen (secondary N) is 1. The predicted octanol–water partition coefficient (Wildman–Crippen LogP) is 5.51. The topological polar surface area (TPSA) is 52.7 Å². The van der Waals surface area contributed by atoms with Gasteiger partial charge in [-0.25, -0.2) is 0 Å². The summed E-state index contributed by atoms with van der Waals surface area (Å²) < 4.78 is 42.5. The van der Waals surface area contributed by atoms with E-state index in [0.29, 0.717) is 42.6 Å². The fourth-order valence-corrected chi connectivity index (χ4v) is 5.33. The van der Waals surface area contributed by atoms with Crippen molar-refractivity contribution >= 4 is 17.5 Å². The normalized spacial score (nSPS) is 18.6. The Balaban J connectivity index is 1.56. The summed E-state index contributed by atoms with van der Waals surface area (Å²) >= 11 is 0. The fraction of sp³-hybridized carbons (Fsp3) is 0.400. The third kappa shape index (κ3) is 6.11. The molecule has 200 valence electrons. The number of amides is 2. The van der Waals surface area contributed by atoms with Gasteiger partial charge in [-0.1, -0.05) is 31.6 Å². The monoisotopic (exact) mass is 523 g/mol. The van der Waals surface area contributed by atoms with Crippen molar-refractivity contribution in [3.8, 4) is 12.3 Å². The van der Waals surface area contributed by atoms with Crippen LogP contribution in [0.5, 0.6) is 0 Å². The number of nitrogens with zero attached hydrogens (tertiary/aromatic N) is 2. The Morgan fingerprint density at radius 2 is 2.05 bits per heavy atom.